The van der Waals surface area contributed by atoms with Crippen molar-refractivity contribution >= 4 is 5.97 Å². The van der Waals surface area contributed by atoms with Crippen molar-refractivity contribution in [3.8, 4) is 11.8 Å². The number of hydrogen-bond acceptors (Lipinski definition) is 4. The molecule has 154 valence electrons. The van der Waals surface area contributed by atoms with Crippen LogP contribution in [-0.4, -0.2) is 19.7 Å². The quantitative estimate of drug-likeness (QED) is 0.365. The fourth-order valence-corrected chi connectivity index (χ4v) is 4.23. The van der Waals surface area contributed by atoms with E-state index >= 15 is 0 Å². The average Bonchev–Trinajstić information content (AvgIpc) is 2.74. The average molecular weight is 386 g/mol. The highest BCUT2D eigenvalue weighted by Gasteiger charge is 2.38. The Balaban J connectivity index is 1.80. The molecule has 1 saturated carbocycles. The van der Waals surface area contributed by atoms with Gasteiger partial charge in [0, 0.05) is 0 Å². The number of nitrogens with zero attached hydrogens (tertiary/aromatic N) is 1. The van der Waals surface area contributed by atoms with E-state index in [0.29, 0.717) is 18.3 Å². The van der Waals surface area contributed by atoms with Gasteiger partial charge in [0.05, 0.1) is 19.8 Å². The lowest BCUT2D eigenvalue weighted by Crippen LogP contribution is -2.31. The smallest absolute Gasteiger partial charge is 0.325 e. The molecule has 28 heavy (non-hydrogen) atoms. The molecule has 4 heteroatoms. The molecule has 1 unspecified atom stereocenters. The molecule has 1 aliphatic carbocycles. The molecule has 0 aromatic heterocycles. The molecule has 0 aliphatic heterocycles. The van der Waals surface area contributed by atoms with Gasteiger partial charge in [0.1, 0.15) is 5.75 Å². The molecule has 0 spiro atoms. The highest BCUT2D eigenvalue weighted by Crippen LogP contribution is 2.41. The van der Waals surface area contributed by atoms with E-state index in [4.69, 9.17) is 9.47 Å². The predicted octanol–water partition coefficient (Wildman–Crippen LogP) is 6.01. The molecule has 1 aromatic carbocycles. The summed E-state index contributed by atoms with van der Waals surface area (Å²) in [5.41, 5.74) is 0.343. The lowest BCUT2D eigenvalue weighted by molar-refractivity contribution is -0.149. The zero-order chi connectivity index (χ0) is 20.4. The van der Waals surface area contributed by atoms with Crippen LogP contribution < -0.4 is 4.74 Å². The zero-order valence-electron chi connectivity index (χ0n) is 17.7. The third kappa shape index (κ3) is 6.26. The third-order valence-corrected chi connectivity index (χ3v) is 6.04. The van der Waals surface area contributed by atoms with Crippen LogP contribution in [0.15, 0.2) is 24.3 Å². The maximum absolute atomic E-state index is 11.9. The van der Waals surface area contributed by atoms with Gasteiger partial charge in [-0.05, 0) is 75.0 Å². The van der Waals surface area contributed by atoms with Gasteiger partial charge in [-0.2, -0.15) is 5.26 Å². The first kappa shape index (κ1) is 22.3. The maximum Gasteiger partial charge on any atom is 0.325 e. The summed E-state index contributed by atoms with van der Waals surface area (Å²) in [6.07, 6.45) is 9.77. The fraction of sp³-hybridized carbons (Fsp3) is 0.667. The summed E-state index contributed by atoms with van der Waals surface area (Å²) in [6.45, 7) is 4.71. The lowest BCUT2D eigenvalue weighted by atomic mass is 9.72. The summed E-state index contributed by atoms with van der Waals surface area (Å²) in [5, 5.41) is 9.41. The van der Waals surface area contributed by atoms with Crippen LogP contribution in [0.25, 0.3) is 0 Å². The SMILES string of the molecule is CCCCCCOc1ccc(C2CCC(CC(C)(C#N)C(=O)OC)CC2)cc1. The highest BCUT2D eigenvalue weighted by atomic mass is 16.5. The summed E-state index contributed by atoms with van der Waals surface area (Å²) in [5.74, 6) is 1.51. The monoisotopic (exact) mass is 385 g/mol. The normalized spacial score (nSPS) is 21.4. The Kier molecular flexibility index (Phi) is 8.83. The molecule has 0 heterocycles. The Morgan fingerprint density at radius 3 is 2.39 bits per heavy atom. The van der Waals surface area contributed by atoms with Crippen molar-refractivity contribution in [3.63, 3.8) is 0 Å². The summed E-state index contributed by atoms with van der Waals surface area (Å²) in [7, 11) is 1.35. The minimum Gasteiger partial charge on any atom is -0.494 e. The molecule has 0 bridgehead atoms. The second-order valence-corrected chi connectivity index (χ2v) is 8.34. The van der Waals surface area contributed by atoms with Crippen molar-refractivity contribution in [1.29, 1.82) is 5.26 Å². The van der Waals surface area contributed by atoms with Gasteiger partial charge in [-0.25, -0.2) is 0 Å². The molecular weight excluding hydrogens is 350 g/mol. The third-order valence-electron chi connectivity index (χ3n) is 6.04. The van der Waals surface area contributed by atoms with Gasteiger partial charge in [0.2, 0.25) is 0 Å². The molecule has 0 saturated heterocycles. The number of nitriles is 1. The summed E-state index contributed by atoms with van der Waals surface area (Å²) in [4.78, 5) is 11.9. The number of rotatable bonds is 10. The first-order valence-electron chi connectivity index (χ1n) is 10.7. The van der Waals surface area contributed by atoms with E-state index in [-0.39, 0.29) is 0 Å². The fourth-order valence-electron chi connectivity index (χ4n) is 4.23. The van der Waals surface area contributed by atoms with Gasteiger partial charge in [-0.1, -0.05) is 38.3 Å². The Morgan fingerprint density at radius 1 is 1.14 bits per heavy atom. The molecule has 1 fully saturated rings. The van der Waals surface area contributed by atoms with E-state index < -0.39 is 11.4 Å². The number of carbonyl (C=O) groups excluding carboxylic acids is 1. The summed E-state index contributed by atoms with van der Waals surface area (Å²) in [6, 6.07) is 10.7. The number of ether oxygens (including phenoxy) is 2. The minimum atomic E-state index is -1.03. The highest BCUT2D eigenvalue weighted by molar-refractivity contribution is 5.79. The number of unbranched alkanes of at least 4 members (excludes halogenated alkanes) is 3. The van der Waals surface area contributed by atoms with Crippen molar-refractivity contribution < 1.29 is 14.3 Å². The largest absolute Gasteiger partial charge is 0.494 e. The van der Waals surface area contributed by atoms with Crippen LogP contribution in [0.2, 0.25) is 0 Å². The molecular formula is C24H35NO3. The zero-order valence-corrected chi connectivity index (χ0v) is 17.7. The van der Waals surface area contributed by atoms with E-state index in [1.54, 1.807) is 6.92 Å². The van der Waals surface area contributed by atoms with E-state index in [1.165, 1.54) is 31.9 Å². The predicted molar refractivity (Wildman–Crippen MR) is 111 cm³/mol. The number of esters is 1. The summed E-state index contributed by atoms with van der Waals surface area (Å²) < 4.78 is 10.7. The number of methoxy groups -OCH3 is 1. The first-order chi connectivity index (χ1) is 13.5. The Bertz CT molecular complexity index is 641. The molecule has 1 aromatic rings. The topological polar surface area (TPSA) is 59.3 Å². The number of carbonyl (C=O) groups is 1. The van der Waals surface area contributed by atoms with Crippen LogP contribution in [0.3, 0.4) is 0 Å². The molecule has 1 aliphatic rings. The molecule has 1 atom stereocenters. The van der Waals surface area contributed by atoms with Gasteiger partial charge in [-0.15, -0.1) is 0 Å². The Labute approximate surface area is 170 Å². The number of benzene rings is 1. The second kappa shape index (κ2) is 11.1. The van der Waals surface area contributed by atoms with E-state index in [1.807, 2.05) is 0 Å². The minimum absolute atomic E-state index is 0.408. The van der Waals surface area contributed by atoms with Crippen molar-refractivity contribution in [1.82, 2.24) is 0 Å². The van der Waals surface area contributed by atoms with Crippen molar-refractivity contribution in [2.45, 2.75) is 77.6 Å². The van der Waals surface area contributed by atoms with E-state index in [9.17, 15) is 10.1 Å². The van der Waals surface area contributed by atoms with Gasteiger partial charge >= 0.3 is 5.97 Å². The van der Waals surface area contributed by atoms with Crippen LogP contribution in [0.5, 0.6) is 5.75 Å². The Hall–Kier alpha value is -2.02. The van der Waals surface area contributed by atoms with Crippen molar-refractivity contribution in [2.75, 3.05) is 13.7 Å². The number of hydrogen-bond donors (Lipinski definition) is 0. The van der Waals surface area contributed by atoms with Crippen LogP contribution in [0.1, 0.15) is 83.1 Å². The van der Waals surface area contributed by atoms with E-state index in [0.717, 1.165) is 44.5 Å². The van der Waals surface area contributed by atoms with Crippen molar-refractivity contribution in [3.05, 3.63) is 29.8 Å². The van der Waals surface area contributed by atoms with E-state index in [2.05, 4.69) is 37.3 Å². The first-order valence-corrected chi connectivity index (χ1v) is 10.7. The molecule has 0 radical (unpaired) electrons. The summed E-state index contributed by atoms with van der Waals surface area (Å²) >= 11 is 0. The van der Waals surface area contributed by atoms with Crippen LogP contribution in [0.4, 0.5) is 0 Å². The maximum atomic E-state index is 11.9. The van der Waals surface area contributed by atoms with Gasteiger partial charge in [-0.3, -0.25) is 4.79 Å². The van der Waals surface area contributed by atoms with Crippen LogP contribution >= 0.6 is 0 Å². The standard InChI is InChI=1S/C24H35NO3/c1-4-5-6-7-16-28-22-14-12-21(13-15-22)20-10-8-19(9-11-20)17-24(2,18-25)23(26)27-3/h12-15,19-20H,4-11,16-17H2,1-3H3. The van der Waals surface area contributed by atoms with Crippen molar-refractivity contribution in [2.24, 2.45) is 11.3 Å². The van der Waals surface area contributed by atoms with Crippen LogP contribution in [-0.2, 0) is 9.53 Å². The molecule has 0 N–H and O–H groups in total. The lowest BCUT2D eigenvalue weighted by Gasteiger charge is -2.32. The molecule has 2 rings (SSSR count). The Morgan fingerprint density at radius 2 is 1.82 bits per heavy atom. The van der Waals surface area contributed by atoms with Gasteiger partial charge in [0.25, 0.3) is 0 Å². The van der Waals surface area contributed by atoms with Gasteiger partial charge in [0.15, 0.2) is 5.41 Å². The molecule has 0 amide bonds. The second-order valence-electron chi connectivity index (χ2n) is 8.34. The van der Waals surface area contributed by atoms with Gasteiger partial charge < -0.3 is 9.47 Å². The van der Waals surface area contributed by atoms with Crippen LogP contribution in [0, 0.1) is 22.7 Å². The molecule has 4 nitrogen and oxygen atoms in total.